The lowest BCUT2D eigenvalue weighted by atomic mass is 10.1. The first-order valence-corrected chi connectivity index (χ1v) is 7.88. The number of rotatable bonds is 6. The van der Waals surface area contributed by atoms with Crippen molar-refractivity contribution in [2.45, 2.75) is 52.6 Å². The van der Waals surface area contributed by atoms with Gasteiger partial charge in [-0.1, -0.05) is 13.8 Å². The van der Waals surface area contributed by atoms with Gasteiger partial charge in [0.1, 0.15) is 0 Å². The third-order valence-electron chi connectivity index (χ3n) is 3.96. The minimum Gasteiger partial charge on any atom is -0.450 e. The van der Waals surface area contributed by atoms with Crippen LogP contribution in [0.1, 0.15) is 40.5 Å². The van der Waals surface area contributed by atoms with Crippen molar-refractivity contribution in [3.05, 3.63) is 0 Å². The van der Waals surface area contributed by atoms with E-state index >= 15 is 0 Å². The maximum absolute atomic E-state index is 11.8. The van der Waals surface area contributed by atoms with Crippen LogP contribution in [0.5, 0.6) is 0 Å². The molecule has 0 saturated carbocycles. The number of carbonyl (C=O) groups is 2. The van der Waals surface area contributed by atoms with E-state index in [1.165, 1.54) is 0 Å². The topological polar surface area (TPSA) is 70.7 Å². The molecule has 21 heavy (non-hydrogen) atoms. The van der Waals surface area contributed by atoms with Crippen LogP contribution in [0, 0.1) is 5.92 Å². The van der Waals surface area contributed by atoms with Gasteiger partial charge in [0.05, 0.1) is 13.2 Å². The van der Waals surface area contributed by atoms with E-state index in [2.05, 4.69) is 24.5 Å². The molecule has 0 aromatic carbocycles. The molecule has 6 heteroatoms. The van der Waals surface area contributed by atoms with E-state index in [1.54, 1.807) is 4.90 Å². The van der Waals surface area contributed by atoms with Gasteiger partial charge in [0.2, 0.25) is 5.91 Å². The van der Waals surface area contributed by atoms with Crippen LogP contribution >= 0.6 is 0 Å². The molecule has 0 radical (unpaired) electrons. The predicted octanol–water partition coefficient (Wildman–Crippen LogP) is 1.36. The van der Waals surface area contributed by atoms with Gasteiger partial charge in [-0.15, -0.1) is 0 Å². The van der Waals surface area contributed by atoms with Crippen molar-refractivity contribution in [3.8, 4) is 0 Å². The fraction of sp³-hybridized carbons (Fsp3) is 0.867. The van der Waals surface area contributed by atoms with Crippen LogP contribution in [-0.4, -0.2) is 55.2 Å². The zero-order chi connectivity index (χ0) is 15.8. The molecule has 1 fully saturated rings. The predicted molar refractivity (Wildman–Crippen MR) is 82.1 cm³/mol. The average Bonchev–Trinajstić information content (AvgIpc) is 2.45. The van der Waals surface area contributed by atoms with E-state index in [1.807, 2.05) is 13.8 Å². The molecule has 1 aliphatic heterocycles. The number of piperidine rings is 1. The van der Waals surface area contributed by atoms with Crippen LogP contribution in [0.15, 0.2) is 0 Å². The summed E-state index contributed by atoms with van der Waals surface area (Å²) in [5.41, 5.74) is 0. The smallest absolute Gasteiger partial charge is 0.409 e. The summed E-state index contributed by atoms with van der Waals surface area (Å²) in [6.45, 7) is 10.1. The highest BCUT2D eigenvalue weighted by atomic mass is 16.6. The number of hydrogen-bond acceptors (Lipinski definition) is 4. The molecule has 1 unspecified atom stereocenters. The molecule has 122 valence electrons. The number of nitrogens with zero attached hydrogens (tertiary/aromatic N) is 1. The van der Waals surface area contributed by atoms with Gasteiger partial charge in [0, 0.05) is 25.2 Å². The molecule has 1 aliphatic rings. The Morgan fingerprint density at radius 2 is 1.86 bits per heavy atom. The van der Waals surface area contributed by atoms with Crippen molar-refractivity contribution >= 4 is 12.0 Å². The van der Waals surface area contributed by atoms with Gasteiger partial charge in [-0.3, -0.25) is 4.79 Å². The molecule has 1 heterocycles. The van der Waals surface area contributed by atoms with E-state index in [0.29, 0.717) is 32.2 Å². The third kappa shape index (κ3) is 6.33. The highest BCUT2D eigenvalue weighted by molar-refractivity contribution is 5.78. The zero-order valence-electron chi connectivity index (χ0n) is 13.6. The molecule has 1 atom stereocenters. The number of amides is 2. The van der Waals surface area contributed by atoms with Crippen molar-refractivity contribution in [2.24, 2.45) is 5.92 Å². The Balaban J connectivity index is 2.21. The van der Waals surface area contributed by atoms with Crippen LogP contribution in [0.2, 0.25) is 0 Å². The minimum atomic E-state index is -0.237. The van der Waals surface area contributed by atoms with Crippen molar-refractivity contribution in [2.75, 3.05) is 26.2 Å². The molecule has 6 nitrogen and oxygen atoms in total. The number of ether oxygens (including phenoxy) is 1. The largest absolute Gasteiger partial charge is 0.450 e. The lowest BCUT2D eigenvalue weighted by molar-refractivity contribution is -0.121. The number of hydrogen-bond donors (Lipinski definition) is 2. The molecule has 2 amide bonds. The summed E-state index contributed by atoms with van der Waals surface area (Å²) in [4.78, 5) is 25.1. The molecule has 2 N–H and O–H groups in total. The Hall–Kier alpha value is -1.30. The Morgan fingerprint density at radius 3 is 2.38 bits per heavy atom. The standard InChI is InChI=1S/C15H29N3O3/c1-5-21-15(20)18-8-6-13(7-9-18)16-10-14(19)17-12(4)11(2)3/h11-13,16H,5-10H2,1-4H3,(H,17,19). The number of nitrogens with one attached hydrogen (secondary N) is 2. The monoisotopic (exact) mass is 299 g/mol. The first kappa shape index (κ1) is 17.8. The molecule has 1 rings (SSSR count). The number of carbonyl (C=O) groups excluding carboxylic acids is 2. The lowest BCUT2D eigenvalue weighted by Gasteiger charge is -2.31. The molecule has 0 spiro atoms. The first-order valence-electron chi connectivity index (χ1n) is 7.88. The summed E-state index contributed by atoms with van der Waals surface area (Å²) in [7, 11) is 0. The van der Waals surface area contributed by atoms with Gasteiger partial charge in [0.25, 0.3) is 0 Å². The minimum absolute atomic E-state index is 0.0315. The van der Waals surface area contributed by atoms with Gasteiger partial charge < -0.3 is 20.3 Å². The van der Waals surface area contributed by atoms with E-state index in [9.17, 15) is 9.59 Å². The fourth-order valence-electron chi connectivity index (χ4n) is 2.19. The van der Waals surface area contributed by atoms with Gasteiger partial charge in [-0.2, -0.15) is 0 Å². The maximum Gasteiger partial charge on any atom is 0.409 e. The van der Waals surface area contributed by atoms with Crippen molar-refractivity contribution in [1.82, 2.24) is 15.5 Å². The molecule has 0 bridgehead atoms. The average molecular weight is 299 g/mol. The molecule has 0 aromatic rings. The van der Waals surface area contributed by atoms with E-state index < -0.39 is 0 Å². The lowest BCUT2D eigenvalue weighted by Crippen LogP contribution is -2.48. The first-order chi connectivity index (χ1) is 9.93. The van der Waals surface area contributed by atoms with Crippen LogP contribution in [0.25, 0.3) is 0 Å². The highest BCUT2D eigenvalue weighted by Crippen LogP contribution is 2.11. The van der Waals surface area contributed by atoms with Crippen molar-refractivity contribution in [3.63, 3.8) is 0 Å². The normalized spacial score (nSPS) is 17.7. The van der Waals surface area contributed by atoms with Crippen LogP contribution in [-0.2, 0) is 9.53 Å². The second-order valence-electron chi connectivity index (χ2n) is 5.94. The molecular formula is C15H29N3O3. The van der Waals surface area contributed by atoms with Gasteiger partial charge in [-0.25, -0.2) is 4.79 Å². The quantitative estimate of drug-likeness (QED) is 0.777. The Morgan fingerprint density at radius 1 is 1.24 bits per heavy atom. The Kier molecular flexibility index (Phi) is 7.50. The molecular weight excluding hydrogens is 270 g/mol. The highest BCUT2D eigenvalue weighted by Gasteiger charge is 2.23. The van der Waals surface area contributed by atoms with E-state index in [-0.39, 0.29) is 24.1 Å². The summed E-state index contributed by atoms with van der Waals surface area (Å²) < 4.78 is 4.98. The summed E-state index contributed by atoms with van der Waals surface area (Å²) in [5, 5.41) is 6.24. The third-order valence-corrected chi connectivity index (χ3v) is 3.96. The second kappa shape index (κ2) is 8.87. The van der Waals surface area contributed by atoms with E-state index in [4.69, 9.17) is 4.74 Å². The van der Waals surface area contributed by atoms with Crippen LogP contribution in [0.3, 0.4) is 0 Å². The van der Waals surface area contributed by atoms with Gasteiger partial charge in [0.15, 0.2) is 0 Å². The maximum atomic E-state index is 11.8. The van der Waals surface area contributed by atoms with Crippen molar-refractivity contribution in [1.29, 1.82) is 0 Å². The SMILES string of the molecule is CCOC(=O)N1CCC(NCC(=O)NC(C)C(C)C)CC1. The summed E-state index contributed by atoms with van der Waals surface area (Å²) in [6.07, 6.45) is 1.47. The molecule has 1 saturated heterocycles. The van der Waals surface area contributed by atoms with Crippen LogP contribution < -0.4 is 10.6 Å². The Bertz CT molecular complexity index is 339. The summed E-state index contributed by atoms with van der Waals surface area (Å²) in [5.74, 6) is 0.464. The van der Waals surface area contributed by atoms with Crippen molar-refractivity contribution < 1.29 is 14.3 Å². The van der Waals surface area contributed by atoms with Crippen LogP contribution in [0.4, 0.5) is 4.79 Å². The van der Waals surface area contributed by atoms with Gasteiger partial charge >= 0.3 is 6.09 Å². The van der Waals surface area contributed by atoms with E-state index in [0.717, 1.165) is 12.8 Å². The summed E-state index contributed by atoms with van der Waals surface area (Å²) in [6, 6.07) is 0.473. The molecule has 0 aromatic heterocycles. The zero-order valence-corrected chi connectivity index (χ0v) is 13.6. The Labute approximate surface area is 127 Å². The summed E-state index contributed by atoms with van der Waals surface area (Å²) >= 11 is 0. The number of likely N-dealkylation sites (tertiary alicyclic amines) is 1. The second-order valence-corrected chi connectivity index (χ2v) is 5.94. The van der Waals surface area contributed by atoms with Gasteiger partial charge in [-0.05, 0) is 32.6 Å². The fourth-order valence-corrected chi connectivity index (χ4v) is 2.19. The molecule has 0 aliphatic carbocycles.